The van der Waals surface area contributed by atoms with Crippen LogP contribution in [-0.4, -0.2) is 17.1 Å². The summed E-state index contributed by atoms with van der Waals surface area (Å²) >= 11 is 5.17. The number of allylic oxidation sites excluding steroid dienone is 1. The summed E-state index contributed by atoms with van der Waals surface area (Å²) in [7, 11) is 1.61. The van der Waals surface area contributed by atoms with E-state index in [2.05, 4.69) is 16.0 Å². The van der Waals surface area contributed by atoms with Crippen molar-refractivity contribution in [1.29, 1.82) is 5.26 Å². The third-order valence-electron chi connectivity index (χ3n) is 4.30. The minimum atomic E-state index is -0.342. The number of benzene rings is 2. The molecule has 0 bridgehead atoms. The van der Waals surface area contributed by atoms with Crippen molar-refractivity contribution in [2.75, 3.05) is 7.11 Å². The van der Waals surface area contributed by atoms with E-state index in [1.54, 1.807) is 7.11 Å². The van der Waals surface area contributed by atoms with Gasteiger partial charge in [0.15, 0.2) is 10.5 Å². The number of hydrogen-bond acceptors (Lipinski definition) is 5. The van der Waals surface area contributed by atoms with Crippen LogP contribution in [-0.2, 0) is 0 Å². The number of nitrogens with zero attached hydrogens (tertiary/aromatic N) is 1. The van der Waals surface area contributed by atoms with Crippen molar-refractivity contribution in [3.63, 3.8) is 0 Å². The largest absolute Gasteiger partial charge is 0.497 e. The molecule has 4 rings (SSSR count). The lowest BCUT2D eigenvalue weighted by Crippen LogP contribution is -2.21. The molecule has 2 heterocycles. The predicted molar refractivity (Wildman–Crippen MR) is 95.8 cm³/mol. The zero-order chi connectivity index (χ0) is 17.6. The Kier molecular flexibility index (Phi) is 3.48. The average Bonchev–Trinajstić information content (AvgIpc) is 3.01. The fraction of sp³-hybridized carbons (Fsp3) is 0.111. The number of methoxy groups -OCH3 is 1. The number of aromatic nitrogens is 2. The summed E-state index contributed by atoms with van der Waals surface area (Å²) in [5.74, 6) is 1.04. The summed E-state index contributed by atoms with van der Waals surface area (Å²) in [5.41, 5.74) is 9.72. The molecule has 3 aromatic rings. The molecule has 124 valence electrons. The van der Waals surface area contributed by atoms with Crippen molar-refractivity contribution in [2.45, 2.75) is 5.92 Å². The Balaban J connectivity index is 2.01. The summed E-state index contributed by atoms with van der Waals surface area (Å²) < 4.78 is 11.6. The maximum Gasteiger partial charge on any atom is 0.205 e. The van der Waals surface area contributed by atoms with E-state index < -0.39 is 0 Å². The van der Waals surface area contributed by atoms with Crippen LogP contribution in [0.4, 0.5) is 0 Å². The first-order valence-corrected chi connectivity index (χ1v) is 7.99. The Labute approximate surface area is 148 Å². The van der Waals surface area contributed by atoms with Crippen LogP contribution in [0.2, 0.25) is 0 Å². The molecular formula is C18H14N4O2S. The third kappa shape index (κ3) is 2.35. The van der Waals surface area contributed by atoms with E-state index in [1.807, 2.05) is 36.4 Å². The summed E-state index contributed by atoms with van der Waals surface area (Å²) in [5, 5.41) is 9.63. The Hall–Kier alpha value is -3.24. The fourth-order valence-corrected chi connectivity index (χ4v) is 3.39. The number of H-pyrrole nitrogens is 2. The molecule has 0 saturated heterocycles. The molecule has 1 aliphatic heterocycles. The number of rotatable bonds is 2. The minimum absolute atomic E-state index is 0.0934. The number of hydrogen-bond donors (Lipinski definition) is 3. The molecule has 1 atom stereocenters. The molecule has 2 aromatic carbocycles. The Morgan fingerprint density at radius 1 is 1.28 bits per heavy atom. The van der Waals surface area contributed by atoms with Crippen LogP contribution in [0.5, 0.6) is 11.5 Å². The highest BCUT2D eigenvalue weighted by Crippen LogP contribution is 2.45. The zero-order valence-electron chi connectivity index (χ0n) is 13.3. The first kappa shape index (κ1) is 15.3. The van der Waals surface area contributed by atoms with Gasteiger partial charge in [0, 0.05) is 5.56 Å². The minimum Gasteiger partial charge on any atom is -0.497 e. The van der Waals surface area contributed by atoms with Crippen LogP contribution in [0.3, 0.4) is 0 Å². The SMILES string of the molecule is COc1cccc(C2C(C#N)=C(N)Oc3c2ccc2[nH]c(=S)[nH]c32)c1. The maximum absolute atomic E-state index is 9.63. The third-order valence-corrected chi connectivity index (χ3v) is 4.50. The summed E-state index contributed by atoms with van der Waals surface area (Å²) in [6.07, 6.45) is 0. The number of nitrogens with two attached hydrogens (primary N) is 1. The van der Waals surface area contributed by atoms with Gasteiger partial charge in [0.05, 0.1) is 18.5 Å². The first-order valence-electron chi connectivity index (χ1n) is 7.59. The van der Waals surface area contributed by atoms with Crippen LogP contribution in [0.1, 0.15) is 17.0 Å². The van der Waals surface area contributed by atoms with E-state index >= 15 is 0 Å². The first-order chi connectivity index (χ1) is 12.1. The smallest absolute Gasteiger partial charge is 0.205 e. The van der Waals surface area contributed by atoms with Gasteiger partial charge in [0.1, 0.15) is 22.9 Å². The molecule has 0 radical (unpaired) electrons. The lowest BCUT2D eigenvalue weighted by molar-refractivity contribution is 0.396. The Bertz CT molecular complexity index is 1120. The van der Waals surface area contributed by atoms with Gasteiger partial charge in [0.25, 0.3) is 0 Å². The summed E-state index contributed by atoms with van der Waals surface area (Å²) in [6.45, 7) is 0. The van der Waals surface area contributed by atoms with E-state index in [4.69, 9.17) is 27.4 Å². The van der Waals surface area contributed by atoms with E-state index in [0.29, 0.717) is 21.8 Å². The van der Waals surface area contributed by atoms with Gasteiger partial charge in [-0.25, -0.2) is 0 Å². The van der Waals surface area contributed by atoms with Crippen molar-refractivity contribution in [2.24, 2.45) is 5.73 Å². The molecule has 1 aromatic heterocycles. The molecule has 6 nitrogen and oxygen atoms in total. The van der Waals surface area contributed by atoms with Gasteiger partial charge >= 0.3 is 0 Å². The fourth-order valence-electron chi connectivity index (χ4n) is 3.18. The van der Waals surface area contributed by atoms with Gasteiger partial charge in [-0.3, -0.25) is 0 Å². The van der Waals surface area contributed by atoms with Crippen molar-refractivity contribution >= 4 is 23.3 Å². The van der Waals surface area contributed by atoms with Crippen LogP contribution in [0, 0.1) is 16.1 Å². The van der Waals surface area contributed by atoms with E-state index in [9.17, 15) is 5.26 Å². The highest BCUT2D eigenvalue weighted by molar-refractivity contribution is 7.71. The Morgan fingerprint density at radius 3 is 2.88 bits per heavy atom. The molecule has 25 heavy (non-hydrogen) atoms. The molecular weight excluding hydrogens is 336 g/mol. The summed E-state index contributed by atoms with van der Waals surface area (Å²) in [4.78, 5) is 6.14. The standard InChI is InChI=1S/C18H14N4O2S/c1-23-10-4-2-3-9(7-10)14-11-5-6-13-15(22-18(25)21-13)16(11)24-17(20)12(14)8-19/h2-7,14H,20H2,1H3,(H2,21,22,25). The maximum atomic E-state index is 9.63. The molecule has 1 aliphatic rings. The second-order valence-corrected chi connectivity index (χ2v) is 6.10. The second-order valence-electron chi connectivity index (χ2n) is 5.69. The second kappa shape index (κ2) is 5.69. The number of aromatic amines is 2. The molecule has 0 fully saturated rings. The zero-order valence-corrected chi connectivity index (χ0v) is 14.1. The van der Waals surface area contributed by atoms with Gasteiger partial charge in [-0.15, -0.1) is 0 Å². The normalized spacial score (nSPS) is 16.2. The number of ether oxygens (including phenoxy) is 2. The lowest BCUT2D eigenvalue weighted by Gasteiger charge is -2.26. The average molecular weight is 350 g/mol. The number of nitriles is 1. The van der Waals surface area contributed by atoms with E-state index in [-0.39, 0.29) is 11.8 Å². The number of fused-ring (bicyclic) bond motifs is 3. The van der Waals surface area contributed by atoms with Gasteiger partial charge in [-0.2, -0.15) is 5.26 Å². The highest BCUT2D eigenvalue weighted by Gasteiger charge is 2.32. The molecule has 4 N–H and O–H groups in total. The van der Waals surface area contributed by atoms with Gasteiger partial charge < -0.3 is 25.2 Å². The topological polar surface area (TPSA) is 99.8 Å². The van der Waals surface area contributed by atoms with Crippen molar-refractivity contribution in [3.05, 3.63) is 63.8 Å². The molecule has 0 aliphatic carbocycles. The van der Waals surface area contributed by atoms with E-state index in [1.165, 1.54) is 0 Å². The predicted octanol–water partition coefficient (Wildman–Crippen LogP) is 3.45. The van der Waals surface area contributed by atoms with Crippen molar-refractivity contribution in [1.82, 2.24) is 9.97 Å². The monoisotopic (exact) mass is 350 g/mol. The molecule has 0 saturated carbocycles. The Morgan fingerprint density at radius 2 is 2.12 bits per heavy atom. The van der Waals surface area contributed by atoms with Crippen LogP contribution >= 0.6 is 12.2 Å². The quantitative estimate of drug-likeness (QED) is 0.615. The van der Waals surface area contributed by atoms with Gasteiger partial charge in [-0.1, -0.05) is 18.2 Å². The van der Waals surface area contributed by atoms with Crippen LogP contribution in [0.15, 0.2) is 47.9 Å². The van der Waals surface area contributed by atoms with Crippen LogP contribution in [0.25, 0.3) is 11.0 Å². The van der Waals surface area contributed by atoms with Gasteiger partial charge in [0.2, 0.25) is 5.88 Å². The van der Waals surface area contributed by atoms with E-state index in [0.717, 1.165) is 22.2 Å². The molecule has 0 spiro atoms. The van der Waals surface area contributed by atoms with Crippen molar-refractivity contribution in [3.8, 4) is 17.6 Å². The highest BCUT2D eigenvalue weighted by atomic mass is 32.1. The summed E-state index contributed by atoms with van der Waals surface area (Å²) in [6, 6.07) is 13.6. The molecule has 0 amide bonds. The number of nitrogens with one attached hydrogen (secondary N) is 2. The number of imidazole rings is 1. The lowest BCUT2D eigenvalue weighted by atomic mass is 9.83. The van der Waals surface area contributed by atoms with Crippen molar-refractivity contribution < 1.29 is 9.47 Å². The molecule has 7 heteroatoms. The van der Waals surface area contributed by atoms with Crippen LogP contribution < -0.4 is 15.2 Å². The van der Waals surface area contributed by atoms with Gasteiger partial charge in [-0.05, 0) is 36.0 Å². The molecule has 1 unspecified atom stereocenters.